The van der Waals surface area contributed by atoms with Crippen LogP contribution >= 0.6 is 15.9 Å². The Balaban J connectivity index is 2.03. The van der Waals surface area contributed by atoms with Gasteiger partial charge in [-0.3, -0.25) is 0 Å². The molecule has 2 aromatic rings. The number of aryl methyl sites for hydroxylation is 2. The van der Waals surface area contributed by atoms with Gasteiger partial charge in [0.25, 0.3) is 0 Å². The number of nitrogens with zero attached hydrogens (tertiary/aromatic N) is 1. The lowest BCUT2D eigenvalue weighted by atomic mass is 10.2. The summed E-state index contributed by atoms with van der Waals surface area (Å²) in [6.07, 6.45) is 2.67. The largest absolute Gasteiger partial charge is 0.345 e. The first-order valence-corrected chi connectivity index (χ1v) is 6.93. The van der Waals surface area contributed by atoms with Crippen LogP contribution in [0.5, 0.6) is 0 Å². The van der Waals surface area contributed by atoms with Crippen molar-refractivity contribution in [1.82, 2.24) is 9.88 Å². The maximum atomic E-state index is 3.74. The number of halogens is 1. The fourth-order valence-electron chi connectivity index (χ4n) is 2.28. The van der Waals surface area contributed by atoms with E-state index in [-0.39, 0.29) is 0 Å². The number of hydrogen-bond acceptors (Lipinski definition) is 1. The van der Waals surface area contributed by atoms with Gasteiger partial charge in [-0.25, -0.2) is 0 Å². The molecule has 3 rings (SSSR count). The van der Waals surface area contributed by atoms with Crippen LogP contribution in [-0.4, -0.2) is 10.6 Å². The second kappa shape index (κ2) is 4.14. The molecular weight excluding hydrogens is 276 g/mol. The van der Waals surface area contributed by atoms with E-state index in [1.165, 1.54) is 39.5 Å². The number of aromatic nitrogens is 1. The third kappa shape index (κ3) is 2.02. The Bertz CT molecular complexity index is 567. The standard InChI is InChI=1S/C14H17BrN2/c1-9-3-6-11-12(7-9)17(2)13(14(11)15)8-16-10-4-5-10/h3,6-7,10,16H,4-5,8H2,1-2H3. The Kier molecular flexibility index (Phi) is 2.75. The van der Waals surface area contributed by atoms with Crippen molar-refractivity contribution in [2.75, 3.05) is 0 Å². The lowest BCUT2D eigenvalue weighted by molar-refractivity contribution is 0.653. The molecule has 90 valence electrons. The lowest BCUT2D eigenvalue weighted by Gasteiger charge is -2.06. The van der Waals surface area contributed by atoms with E-state index >= 15 is 0 Å². The van der Waals surface area contributed by atoms with E-state index < -0.39 is 0 Å². The molecule has 1 aromatic carbocycles. The minimum absolute atomic E-state index is 0.752. The van der Waals surface area contributed by atoms with Gasteiger partial charge in [0.1, 0.15) is 0 Å². The molecule has 2 nitrogen and oxygen atoms in total. The summed E-state index contributed by atoms with van der Waals surface area (Å²) in [7, 11) is 2.15. The SMILES string of the molecule is Cc1ccc2c(Br)c(CNC3CC3)n(C)c2c1. The molecule has 3 heteroatoms. The van der Waals surface area contributed by atoms with E-state index in [0.717, 1.165) is 12.6 Å². The minimum Gasteiger partial charge on any atom is -0.345 e. The zero-order valence-electron chi connectivity index (χ0n) is 10.3. The molecule has 0 atom stereocenters. The Hall–Kier alpha value is -0.800. The van der Waals surface area contributed by atoms with Gasteiger partial charge in [0.15, 0.2) is 0 Å². The summed E-state index contributed by atoms with van der Waals surface area (Å²) in [6.45, 7) is 3.10. The van der Waals surface area contributed by atoms with Crippen LogP contribution in [0.15, 0.2) is 22.7 Å². The second-order valence-corrected chi connectivity index (χ2v) is 5.79. The molecule has 1 saturated carbocycles. The fourth-order valence-corrected chi connectivity index (χ4v) is 3.02. The first-order chi connectivity index (χ1) is 8.16. The molecule has 17 heavy (non-hydrogen) atoms. The van der Waals surface area contributed by atoms with Crippen LogP contribution in [0.1, 0.15) is 24.1 Å². The highest BCUT2D eigenvalue weighted by atomic mass is 79.9. The van der Waals surface area contributed by atoms with Crippen molar-refractivity contribution >= 4 is 26.8 Å². The fraction of sp³-hybridized carbons (Fsp3) is 0.429. The summed E-state index contributed by atoms with van der Waals surface area (Å²) in [5.74, 6) is 0. The Morgan fingerprint density at radius 2 is 2.18 bits per heavy atom. The summed E-state index contributed by atoms with van der Waals surface area (Å²) in [5.41, 5.74) is 3.97. The van der Waals surface area contributed by atoms with Crippen molar-refractivity contribution in [2.45, 2.75) is 32.4 Å². The van der Waals surface area contributed by atoms with Crippen LogP contribution in [-0.2, 0) is 13.6 Å². The van der Waals surface area contributed by atoms with Crippen molar-refractivity contribution in [3.63, 3.8) is 0 Å². The normalized spacial score (nSPS) is 15.7. The molecule has 0 amide bonds. The van der Waals surface area contributed by atoms with Gasteiger partial charge in [0, 0.05) is 40.7 Å². The predicted molar refractivity (Wildman–Crippen MR) is 75.2 cm³/mol. The van der Waals surface area contributed by atoms with Crippen LogP contribution in [0.25, 0.3) is 10.9 Å². The average Bonchev–Trinajstić information content (AvgIpc) is 3.09. The highest BCUT2D eigenvalue weighted by Crippen LogP contribution is 2.31. The maximum absolute atomic E-state index is 3.74. The predicted octanol–water partition coefficient (Wildman–Crippen LogP) is 3.50. The van der Waals surface area contributed by atoms with Crippen LogP contribution in [0, 0.1) is 6.92 Å². The van der Waals surface area contributed by atoms with Crippen LogP contribution in [0.3, 0.4) is 0 Å². The van der Waals surface area contributed by atoms with E-state index in [1.807, 2.05) is 0 Å². The lowest BCUT2D eigenvalue weighted by Crippen LogP contribution is -2.17. The molecule has 1 aliphatic rings. The molecule has 0 saturated heterocycles. The van der Waals surface area contributed by atoms with E-state index in [2.05, 4.69) is 58.0 Å². The van der Waals surface area contributed by atoms with E-state index in [4.69, 9.17) is 0 Å². The van der Waals surface area contributed by atoms with E-state index in [1.54, 1.807) is 0 Å². The van der Waals surface area contributed by atoms with Crippen molar-refractivity contribution in [3.8, 4) is 0 Å². The number of fused-ring (bicyclic) bond motifs is 1. The Morgan fingerprint density at radius 3 is 2.88 bits per heavy atom. The van der Waals surface area contributed by atoms with Crippen molar-refractivity contribution in [1.29, 1.82) is 0 Å². The van der Waals surface area contributed by atoms with Crippen LogP contribution in [0.4, 0.5) is 0 Å². The molecule has 0 spiro atoms. The van der Waals surface area contributed by atoms with Gasteiger partial charge in [0.05, 0.1) is 0 Å². The van der Waals surface area contributed by atoms with Crippen LogP contribution < -0.4 is 5.32 Å². The first kappa shape index (κ1) is 11.3. The molecule has 1 heterocycles. The van der Waals surface area contributed by atoms with Gasteiger partial charge in [-0.2, -0.15) is 0 Å². The summed E-state index contributed by atoms with van der Waals surface area (Å²) >= 11 is 3.74. The highest BCUT2D eigenvalue weighted by Gasteiger charge is 2.21. The van der Waals surface area contributed by atoms with Gasteiger partial charge in [-0.15, -0.1) is 0 Å². The van der Waals surface area contributed by atoms with Crippen molar-refractivity contribution in [2.24, 2.45) is 7.05 Å². The molecule has 0 aliphatic heterocycles. The van der Waals surface area contributed by atoms with Gasteiger partial charge < -0.3 is 9.88 Å². The molecule has 1 N–H and O–H groups in total. The third-order valence-corrected chi connectivity index (χ3v) is 4.43. The van der Waals surface area contributed by atoms with Gasteiger partial charge in [-0.1, -0.05) is 12.1 Å². The number of nitrogens with one attached hydrogen (secondary N) is 1. The quantitative estimate of drug-likeness (QED) is 0.916. The van der Waals surface area contributed by atoms with Gasteiger partial charge in [-0.05, 0) is 47.3 Å². The van der Waals surface area contributed by atoms with Gasteiger partial charge in [0.2, 0.25) is 0 Å². The first-order valence-electron chi connectivity index (χ1n) is 6.13. The molecule has 1 aliphatic carbocycles. The monoisotopic (exact) mass is 292 g/mol. The molecule has 0 radical (unpaired) electrons. The van der Waals surface area contributed by atoms with Crippen LogP contribution in [0.2, 0.25) is 0 Å². The van der Waals surface area contributed by atoms with Gasteiger partial charge >= 0.3 is 0 Å². The van der Waals surface area contributed by atoms with Crippen molar-refractivity contribution < 1.29 is 0 Å². The summed E-state index contributed by atoms with van der Waals surface area (Å²) in [4.78, 5) is 0. The zero-order valence-corrected chi connectivity index (χ0v) is 11.8. The number of benzene rings is 1. The van der Waals surface area contributed by atoms with Crippen molar-refractivity contribution in [3.05, 3.63) is 33.9 Å². The summed E-state index contributed by atoms with van der Waals surface area (Å²) in [5, 5.41) is 4.89. The van der Waals surface area contributed by atoms with E-state index in [9.17, 15) is 0 Å². The molecule has 1 aromatic heterocycles. The highest BCUT2D eigenvalue weighted by molar-refractivity contribution is 9.10. The molecule has 0 bridgehead atoms. The average molecular weight is 293 g/mol. The zero-order chi connectivity index (χ0) is 12.0. The minimum atomic E-state index is 0.752. The Morgan fingerprint density at radius 1 is 1.41 bits per heavy atom. The second-order valence-electron chi connectivity index (χ2n) is 5.00. The number of hydrogen-bond donors (Lipinski definition) is 1. The molecular formula is C14H17BrN2. The summed E-state index contributed by atoms with van der Waals surface area (Å²) in [6, 6.07) is 7.38. The maximum Gasteiger partial charge on any atom is 0.0494 e. The van der Waals surface area contributed by atoms with E-state index in [0.29, 0.717) is 0 Å². The molecule has 0 unspecified atom stereocenters. The summed E-state index contributed by atoms with van der Waals surface area (Å²) < 4.78 is 3.53. The topological polar surface area (TPSA) is 17.0 Å². The number of rotatable bonds is 3. The Labute approximate surface area is 110 Å². The molecule has 1 fully saturated rings. The smallest absolute Gasteiger partial charge is 0.0494 e. The third-order valence-electron chi connectivity index (χ3n) is 3.54.